The molecular weight excluding hydrogens is 442 g/mol. The van der Waals surface area contributed by atoms with Crippen molar-refractivity contribution in [3.63, 3.8) is 0 Å². The monoisotopic (exact) mass is 477 g/mol. The molecule has 1 aromatic heterocycles. The molecule has 2 N–H and O–H groups in total. The molecule has 35 heavy (non-hydrogen) atoms. The molecule has 3 rings (SSSR count). The smallest absolute Gasteiger partial charge is 0.303 e. The highest BCUT2D eigenvalue weighted by Crippen LogP contribution is 2.30. The van der Waals surface area contributed by atoms with Gasteiger partial charge < -0.3 is 14.8 Å². The van der Waals surface area contributed by atoms with E-state index in [1.165, 1.54) is 0 Å². The van der Waals surface area contributed by atoms with Crippen molar-refractivity contribution in [2.75, 3.05) is 5.32 Å². The molecule has 3 aromatic rings. The summed E-state index contributed by atoms with van der Waals surface area (Å²) in [5, 5.41) is 20.7. The lowest BCUT2D eigenvalue weighted by atomic mass is 9.95. The molecule has 0 aliphatic carbocycles. The zero-order valence-corrected chi connectivity index (χ0v) is 21.2. The molecule has 7 heteroatoms. The Morgan fingerprint density at radius 2 is 1.63 bits per heavy atom. The van der Waals surface area contributed by atoms with Crippen molar-refractivity contribution in [3.05, 3.63) is 65.5 Å². The van der Waals surface area contributed by atoms with Crippen LogP contribution in [-0.4, -0.2) is 27.1 Å². The highest BCUT2D eigenvalue weighted by Gasteiger charge is 2.22. The van der Waals surface area contributed by atoms with Crippen LogP contribution < -0.4 is 5.32 Å². The number of Topliss-reactive ketones (excluding diaryl/α,β-unsaturated/α-hetero) is 1. The number of nitrogens with one attached hydrogen (secondary N) is 1. The number of rotatable bonds is 11. The maximum atomic E-state index is 12.3. The fourth-order valence-electron chi connectivity index (χ4n) is 3.75. The van der Waals surface area contributed by atoms with Gasteiger partial charge in [-0.25, -0.2) is 0 Å². The van der Waals surface area contributed by atoms with Gasteiger partial charge >= 0.3 is 5.97 Å². The third kappa shape index (κ3) is 7.50. The number of nitrogens with zero attached hydrogens (tertiary/aromatic N) is 2. The van der Waals surface area contributed by atoms with Crippen molar-refractivity contribution in [2.24, 2.45) is 5.92 Å². The van der Waals surface area contributed by atoms with Gasteiger partial charge in [-0.15, -0.1) is 10.2 Å². The highest BCUT2D eigenvalue weighted by molar-refractivity contribution is 5.96. The van der Waals surface area contributed by atoms with E-state index >= 15 is 0 Å². The lowest BCUT2D eigenvalue weighted by Crippen LogP contribution is -2.13. The first-order valence-electron chi connectivity index (χ1n) is 12.1. The Balaban J connectivity index is 1.70. The summed E-state index contributed by atoms with van der Waals surface area (Å²) in [6, 6.07) is 15.7. The number of hydrogen-bond acceptors (Lipinski definition) is 6. The molecule has 1 unspecified atom stereocenters. The lowest BCUT2D eigenvalue weighted by molar-refractivity contribution is -0.137. The number of anilines is 1. The van der Waals surface area contributed by atoms with Crippen molar-refractivity contribution in [1.29, 1.82) is 0 Å². The molecule has 0 radical (unpaired) electrons. The van der Waals surface area contributed by atoms with E-state index in [0.717, 1.165) is 23.2 Å². The number of aromatic nitrogens is 2. The van der Waals surface area contributed by atoms with Crippen LogP contribution in [0.2, 0.25) is 0 Å². The minimum atomic E-state index is -0.881. The van der Waals surface area contributed by atoms with Crippen LogP contribution in [0.15, 0.2) is 52.9 Å². The van der Waals surface area contributed by atoms with Crippen molar-refractivity contribution in [3.8, 4) is 11.5 Å². The Morgan fingerprint density at radius 3 is 2.17 bits per heavy atom. The van der Waals surface area contributed by atoms with Crippen LogP contribution in [0.1, 0.15) is 88.2 Å². The summed E-state index contributed by atoms with van der Waals surface area (Å²) < 4.78 is 5.87. The summed E-state index contributed by atoms with van der Waals surface area (Å²) in [5.74, 6) is 0.682. The topological polar surface area (TPSA) is 105 Å². The summed E-state index contributed by atoms with van der Waals surface area (Å²) in [5.41, 5.74) is 3.35. The first kappa shape index (κ1) is 26.1. The molecule has 1 heterocycles. The van der Waals surface area contributed by atoms with Gasteiger partial charge in [-0.05, 0) is 60.7 Å². The Kier molecular flexibility index (Phi) is 8.43. The Morgan fingerprint density at radius 1 is 0.971 bits per heavy atom. The van der Waals surface area contributed by atoms with Crippen LogP contribution in [0, 0.1) is 5.92 Å². The number of carboxylic acids is 1. The summed E-state index contributed by atoms with van der Waals surface area (Å²) in [6.45, 7) is 10.5. The van der Waals surface area contributed by atoms with E-state index in [1.807, 2.05) is 45.0 Å². The van der Waals surface area contributed by atoms with Crippen LogP contribution in [0.4, 0.5) is 5.69 Å². The van der Waals surface area contributed by atoms with E-state index in [9.17, 15) is 9.59 Å². The second-order valence-electron chi connectivity index (χ2n) is 10.4. The van der Waals surface area contributed by atoms with Gasteiger partial charge in [0.2, 0.25) is 11.8 Å². The van der Waals surface area contributed by atoms with Gasteiger partial charge in [-0.3, -0.25) is 9.59 Å². The van der Waals surface area contributed by atoms with Crippen molar-refractivity contribution >= 4 is 17.4 Å². The second-order valence-corrected chi connectivity index (χ2v) is 10.4. The van der Waals surface area contributed by atoms with E-state index in [-0.39, 0.29) is 30.1 Å². The van der Waals surface area contributed by atoms with Gasteiger partial charge in [-0.2, -0.15) is 0 Å². The maximum absolute atomic E-state index is 12.3. The van der Waals surface area contributed by atoms with E-state index in [0.29, 0.717) is 29.7 Å². The number of aliphatic carboxylic acids is 1. The standard InChI is InChI=1S/C28H35N3O4/c1-18(2)17-23(29-22-15-13-20(14-16-22)24(32)7-6-8-25(33)34)19-9-11-21(12-10-19)26-30-31-27(35-26)28(3,4)5/h9-16,18,23,29H,6-8,17H2,1-5H3,(H,33,34). The van der Waals surface area contributed by atoms with Crippen molar-refractivity contribution in [2.45, 2.75) is 71.8 Å². The molecule has 0 saturated heterocycles. The van der Waals surface area contributed by atoms with Gasteiger partial charge in [0, 0.05) is 35.1 Å². The molecular formula is C28H35N3O4. The number of hydrogen-bond donors (Lipinski definition) is 2. The number of carbonyl (C=O) groups is 2. The molecule has 0 spiro atoms. The van der Waals surface area contributed by atoms with Gasteiger partial charge in [0.25, 0.3) is 0 Å². The van der Waals surface area contributed by atoms with Crippen LogP contribution >= 0.6 is 0 Å². The molecule has 0 aliphatic heterocycles. The molecule has 186 valence electrons. The Bertz CT molecular complexity index is 1130. The fourth-order valence-corrected chi connectivity index (χ4v) is 3.75. The number of carboxylic acid groups (broad SMARTS) is 1. The zero-order valence-electron chi connectivity index (χ0n) is 21.2. The third-order valence-corrected chi connectivity index (χ3v) is 5.68. The summed E-state index contributed by atoms with van der Waals surface area (Å²) in [4.78, 5) is 23.0. The predicted octanol–water partition coefficient (Wildman–Crippen LogP) is 6.67. The number of benzene rings is 2. The average molecular weight is 478 g/mol. The summed E-state index contributed by atoms with van der Waals surface area (Å²) in [6.07, 6.45) is 1.52. The highest BCUT2D eigenvalue weighted by atomic mass is 16.4. The van der Waals surface area contributed by atoms with E-state index < -0.39 is 5.97 Å². The molecule has 0 aliphatic rings. The molecule has 0 saturated carbocycles. The van der Waals surface area contributed by atoms with E-state index in [2.05, 4.69) is 41.5 Å². The van der Waals surface area contributed by atoms with Gasteiger partial charge in [0.1, 0.15) is 0 Å². The Labute approximate surface area is 207 Å². The molecule has 0 amide bonds. The minimum Gasteiger partial charge on any atom is -0.481 e. The van der Waals surface area contributed by atoms with Gasteiger partial charge in [0.05, 0.1) is 6.04 Å². The van der Waals surface area contributed by atoms with E-state index in [1.54, 1.807) is 12.1 Å². The summed E-state index contributed by atoms with van der Waals surface area (Å²) in [7, 11) is 0. The van der Waals surface area contributed by atoms with Crippen LogP contribution in [0.5, 0.6) is 0 Å². The largest absolute Gasteiger partial charge is 0.481 e. The fraction of sp³-hybridized carbons (Fsp3) is 0.429. The minimum absolute atomic E-state index is 0.00526. The zero-order chi connectivity index (χ0) is 25.6. The van der Waals surface area contributed by atoms with Crippen molar-refractivity contribution in [1.82, 2.24) is 10.2 Å². The molecule has 1 atom stereocenters. The lowest BCUT2D eigenvalue weighted by Gasteiger charge is -2.22. The SMILES string of the molecule is CC(C)CC(Nc1ccc(C(=O)CCCC(=O)O)cc1)c1ccc(-c2nnc(C(C)(C)C)o2)cc1. The van der Waals surface area contributed by atoms with Crippen molar-refractivity contribution < 1.29 is 19.1 Å². The van der Waals surface area contributed by atoms with Gasteiger partial charge in [-0.1, -0.05) is 46.8 Å². The molecule has 0 bridgehead atoms. The normalized spacial score (nSPS) is 12.5. The van der Waals surface area contributed by atoms with E-state index in [4.69, 9.17) is 9.52 Å². The van der Waals surface area contributed by atoms with Gasteiger partial charge in [0.15, 0.2) is 5.78 Å². The third-order valence-electron chi connectivity index (χ3n) is 5.68. The predicted molar refractivity (Wildman–Crippen MR) is 137 cm³/mol. The van der Waals surface area contributed by atoms with Crippen LogP contribution in [0.3, 0.4) is 0 Å². The molecule has 2 aromatic carbocycles. The second kappa shape index (κ2) is 11.3. The van der Waals surface area contributed by atoms with Crippen LogP contribution in [0.25, 0.3) is 11.5 Å². The number of carbonyl (C=O) groups excluding carboxylic acids is 1. The maximum Gasteiger partial charge on any atom is 0.303 e. The summed E-state index contributed by atoms with van der Waals surface area (Å²) >= 11 is 0. The van der Waals surface area contributed by atoms with Crippen LogP contribution in [-0.2, 0) is 10.2 Å². The first-order chi connectivity index (χ1) is 16.5. The first-order valence-corrected chi connectivity index (χ1v) is 12.1. The molecule has 7 nitrogen and oxygen atoms in total. The molecule has 0 fully saturated rings. The quantitative estimate of drug-likeness (QED) is 0.297. The Hall–Kier alpha value is -3.48. The number of ketones is 1. The average Bonchev–Trinajstić information content (AvgIpc) is 3.30.